The summed E-state index contributed by atoms with van der Waals surface area (Å²) in [6.45, 7) is 9.65. The molecule has 0 saturated carbocycles. The predicted octanol–water partition coefficient (Wildman–Crippen LogP) is 3.55. The van der Waals surface area contributed by atoms with E-state index in [1.165, 1.54) is 25.6 Å². The van der Waals surface area contributed by atoms with Crippen molar-refractivity contribution in [3.63, 3.8) is 0 Å². The molecule has 10 heteroatoms. The van der Waals surface area contributed by atoms with Crippen molar-refractivity contribution < 1.29 is 33.1 Å². The smallest absolute Gasteiger partial charge is 0.408 e. The first-order valence-electron chi connectivity index (χ1n) is 9.52. The number of aryl methyl sites for hydroxylation is 1. The number of furan rings is 1. The lowest BCUT2D eigenvalue weighted by Gasteiger charge is -2.23. The number of rotatable bonds is 9. The van der Waals surface area contributed by atoms with Crippen LogP contribution in [-0.2, 0) is 14.3 Å². The first kappa shape index (κ1) is 25.5. The number of hydrogen-bond acceptors (Lipinski definition) is 8. The number of thioether (sulfide) groups is 1. The Kier molecular flexibility index (Phi) is 9.41. The van der Waals surface area contributed by atoms with Crippen LogP contribution >= 0.6 is 11.8 Å². The first-order chi connectivity index (χ1) is 13.9. The van der Waals surface area contributed by atoms with E-state index in [1.807, 2.05) is 6.26 Å². The number of carbonyl (C=O) groups is 4. The van der Waals surface area contributed by atoms with Gasteiger partial charge in [-0.25, -0.2) is 9.59 Å². The molecule has 1 atom stereocenters. The normalized spacial score (nSPS) is 12.1. The average molecular weight is 443 g/mol. The van der Waals surface area contributed by atoms with Gasteiger partial charge in [0.2, 0.25) is 11.8 Å². The van der Waals surface area contributed by atoms with Crippen molar-refractivity contribution in [2.75, 3.05) is 23.9 Å². The Balaban J connectivity index is 3.16. The lowest BCUT2D eigenvalue weighted by atomic mass is 10.1. The molecule has 0 aromatic carbocycles. The van der Waals surface area contributed by atoms with Crippen LogP contribution in [0.2, 0.25) is 0 Å². The number of hydrogen-bond donors (Lipinski definition) is 2. The first-order valence-corrected chi connectivity index (χ1v) is 10.9. The molecule has 1 rings (SSSR count). The van der Waals surface area contributed by atoms with Crippen LogP contribution < -0.4 is 10.6 Å². The third-order valence-electron chi connectivity index (χ3n) is 3.77. The second-order valence-corrected chi connectivity index (χ2v) is 8.47. The Morgan fingerprint density at radius 1 is 1.17 bits per heavy atom. The highest BCUT2D eigenvalue weighted by atomic mass is 32.2. The number of Topliss-reactive ketones (excluding diaryl/α,β-unsaturated/α-hetero) is 1. The van der Waals surface area contributed by atoms with Crippen molar-refractivity contribution in [1.82, 2.24) is 5.32 Å². The van der Waals surface area contributed by atoms with Gasteiger partial charge in [-0.05, 0) is 60.0 Å². The van der Waals surface area contributed by atoms with Crippen LogP contribution in [0.5, 0.6) is 0 Å². The SMILES string of the molecule is CCOC(=O)c1c(NC(=O)C(CCSC)NC(=O)OC(C)(C)C)oc(C)c1C(C)=O. The van der Waals surface area contributed by atoms with E-state index < -0.39 is 35.4 Å². The molecule has 0 aliphatic carbocycles. The maximum absolute atomic E-state index is 12.9. The van der Waals surface area contributed by atoms with E-state index in [4.69, 9.17) is 13.9 Å². The molecule has 0 fully saturated rings. The van der Waals surface area contributed by atoms with Gasteiger partial charge in [-0.15, -0.1) is 0 Å². The molecule has 1 aromatic heterocycles. The standard InChI is InChI=1S/C20H30N2O7S/c1-8-27-18(25)15-14(11(2)23)12(3)28-17(15)22-16(24)13(9-10-30-7)21-19(26)29-20(4,5)6/h13H,8-10H2,1-7H3,(H,21,26)(H,22,24). The summed E-state index contributed by atoms with van der Waals surface area (Å²) < 4.78 is 15.7. The van der Waals surface area contributed by atoms with Crippen molar-refractivity contribution in [1.29, 1.82) is 0 Å². The van der Waals surface area contributed by atoms with Crippen LogP contribution in [0.1, 0.15) is 67.5 Å². The Labute approximate surface area is 180 Å². The quantitative estimate of drug-likeness (QED) is 0.439. The van der Waals surface area contributed by atoms with Crippen molar-refractivity contribution in [2.45, 2.75) is 59.6 Å². The van der Waals surface area contributed by atoms with Crippen molar-refractivity contribution in [3.8, 4) is 0 Å². The van der Waals surface area contributed by atoms with Crippen LogP contribution in [0.4, 0.5) is 10.7 Å². The van der Waals surface area contributed by atoms with E-state index in [9.17, 15) is 19.2 Å². The Morgan fingerprint density at radius 2 is 1.80 bits per heavy atom. The second-order valence-electron chi connectivity index (χ2n) is 7.48. The number of carbonyl (C=O) groups excluding carboxylic acids is 4. The average Bonchev–Trinajstić information content (AvgIpc) is 2.93. The zero-order valence-electron chi connectivity index (χ0n) is 18.5. The van der Waals surface area contributed by atoms with Gasteiger partial charge >= 0.3 is 12.1 Å². The fourth-order valence-corrected chi connectivity index (χ4v) is 3.08. The molecule has 0 spiro atoms. The van der Waals surface area contributed by atoms with Gasteiger partial charge in [-0.3, -0.25) is 14.9 Å². The summed E-state index contributed by atoms with van der Waals surface area (Å²) in [5.41, 5.74) is -0.823. The lowest BCUT2D eigenvalue weighted by molar-refractivity contribution is -0.118. The minimum Gasteiger partial charge on any atom is -0.462 e. The van der Waals surface area contributed by atoms with E-state index in [2.05, 4.69) is 10.6 Å². The topological polar surface area (TPSA) is 124 Å². The highest BCUT2D eigenvalue weighted by molar-refractivity contribution is 7.98. The van der Waals surface area contributed by atoms with Gasteiger partial charge in [0.25, 0.3) is 0 Å². The number of alkyl carbamates (subject to hydrolysis) is 1. The minimum atomic E-state index is -0.937. The molecule has 2 N–H and O–H groups in total. The molecule has 9 nitrogen and oxygen atoms in total. The number of amides is 2. The lowest BCUT2D eigenvalue weighted by Crippen LogP contribution is -2.46. The molecule has 0 bridgehead atoms. The minimum absolute atomic E-state index is 0.0458. The molecule has 168 valence electrons. The summed E-state index contributed by atoms with van der Waals surface area (Å²) in [5.74, 6) is -1.21. The Bertz CT molecular complexity index is 796. The molecule has 0 radical (unpaired) electrons. The summed E-state index contributed by atoms with van der Waals surface area (Å²) >= 11 is 1.50. The van der Waals surface area contributed by atoms with Crippen molar-refractivity contribution in [3.05, 3.63) is 16.9 Å². The highest BCUT2D eigenvalue weighted by Gasteiger charge is 2.31. The third kappa shape index (κ3) is 7.40. The van der Waals surface area contributed by atoms with E-state index in [-0.39, 0.29) is 29.4 Å². The molecule has 30 heavy (non-hydrogen) atoms. The summed E-state index contributed by atoms with van der Waals surface area (Å²) in [5, 5.41) is 5.04. The Morgan fingerprint density at radius 3 is 2.30 bits per heavy atom. The number of esters is 1. The van der Waals surface area contributed by atoms with Gasteiger partial charge in [-0.2, -0.15) is 11.8 Å². The van der Waals surface area contributed by atoms with Gasteiger partial charge in [0.05, 0.1) is 12.2 Å². The zero-order chi connectivity index (χ0) is 23.1. The summed E-state index contributed by atoms with van der Waals surface area (Å²) in [7, 11) is 0. The molecule has 0 saturated heterocycles. The predicted molar refractivity (Wildman–Crippen MR) is 114 cm³/mol. The Hall–Kier alpha value is -2.49. The molecule has 2 amide bonds. The van der Waals surface area contributed by atoms with Gasteiger partial charge in [0, 0.05) is 0 Å². The van der Waals surface area contributed by atoms with Crippen LogP contribution in [0.3, 0.4) is 0 Å². The number of ether oxygens (including phenoxy) is 2. The monoisotopic (exact) mass is 442 g/mol. The molecule has 1 unspecified atom stereocenters. The second kappa shape index (κ2) is 11.1. The van der Waals surface area contributed by atoms with Crippen LogP contribution in [0.15, 0.2) is 4.42 Å². The van der Waals surface area contributed by atoms with Crippen molar-refractivity contribution in [2.24, 2.45) is 0 Å². The highest BCUT2D eigenvalue weighted by Crippen LogP contribution is 2.29. The fourth-order valence-electron chi connectivity index (χ4n) is 2.61. The van der Waals surface area contributed by atoms with Crippen molar-refractivity contribution >= 4 is 41.4 Å². The van der Waals surface area contributed by atoms with Crippen LogP contribution in [-0.4, -0.2) is 54.0 Å². The maximum Gasteiger partial charge on any atom is 0.408 e. The molecule has 0 aliphatic heterocycles. The fraction of sp³-hybridized carbons (Fsp3) is 0.600. The molecular weight excluding hydrogens is 412 g/mol. The number of anilines is 1. The molecule has 1 heterocycles. The van der Waals surface area contributed by atoms with Crippen LogP contribution in [0.25, 0.3) is 0 Å². The zero-order valence-corrected chi connectivity index (χ0v) is 19.3. The summed E-state index contributed by atoms with van der Waals surface area (Å²) in [6.07, 6.45) is 1.45. The third-order valence-corrected chi connectivity index (χ3v) is 4.41. The van der Waals surface area contributed by atoms with E-state index >= 15 is 0 Å². The van der Waals surface area contributed by atoms with E-state index in [0.29, 0.717) is 12.2 Å². The van der Waals surface area contributed by atoms with Gasteiger partial charge in [0.1, 0.15) is 23.0 Å². The van der Waals surface area contributed by atoms with Crippen LogP contribution in [0, 0.1) is 6.92 Å². The molecule has 0 aliphatic rings. The van der Waals surface area contributed by atoms with Gasteiger partial charge in [-0.1, -0.05) is 0 Å². The largest absolute Gasteiger partial charge is 0.462 e. The molecule has 1 aromatic rings. The van der Waals surface area contributed by atoms with Gasteiger partial charge < -0.3 is 19.2 Å². The van der Waals surface area contributed by atoms with E-state index in [0.717, 1.165) is 0 Å². The van der Waals surface area contributed by atoms with Gasteiger partial charge in [0.15, 0.2) is 5.78 Å². The summed E-state index contributed by atoms with van der Waals surface area (Å²) in [6, 6.07) is -0.937. The number of ketones is 1. The number of nitrogens with one attached hydrogen (secondary N) is 2. The molecular formula is C20H30N2O7S. The summed E-state index contributed by atoms with van der Waals surface area (Å²) in [4.78, 5) is 49.4. The maximum atomic E-state index is 12.9. The van der Waals surface area contributed by atoms with E-state index in [1.54, 1.807) is 27.7 Å².